The molecule has 1 aliphatic carbocycles. The SMILES string of the molecule is O=C(CC1CCCCC1)N1CC(c2cnc3ccccc3n2)C1. The minimum Gasteiger partial charge on any atom is -0.341 e. The van der Waals surface area contributed by atoms with E-state index in [1.54, 1.807) is 0 Å². The Morgan fingerprint density at radius 3 is 2.61 bits per heavy atom. The standard InChI is InChI=1S/C19H23N3O/c23-19(10-14-6-2-1-3-7-14)22-12-15(13-22)18-11-20-16-8-4-5-9-17(16)21-18/h4-5,8-9,11,14-15H,1-3,6-7,10,12-13H2. The fourth-order valence-corrected chi connectivity index (χ4v) is 3.80. The van der Waals surface area contributed by atoms with Crippen LogP contribution in [0.4, 0.5) is 0 Å². The van der Waals surface area contributed by atoms with Gasteiger partial charge in [-0.2, -0.15) is 0 Å². The summed E-state index contributed by atoms with van der Waals surface area (Å²) >= 11 is 0. The number of nitrogens with zero attached hydrogens (tertiary/aromatic N) is 3. The van der Waals surface area contributed by atoms with E-state index < -0.39 is 0 Å². The zero-order chi connectivity index (χ0) is 15.6. The molecule has 1 aromatic heterocycles. The van der Waals surface area contributed by atoms with Crippen LogP contribution in [0.1, 0.15) is 50.1 Å². The first-order chi connectivity index (χ1) is 11.3. The lowest BCUT2D eigenvalue weighted by atomic mass is 9.86. The van der Waals surface area contributed by atoms with Crippen LogP contribution in [-0.4, -0.2) is 33.9 Å². The van der Waals surface area contributed by atoms with Crippen LogP contribution in [0, 0.1) is 5.92 Å². The van der Waals surface area contributed by atoms with Gasteiger partial charge in [-0.15, -0.1) is 0 Å². The molecule has 2 heterocycles. The van der Waals surface area contributed by atoms with E-state index in [0.29, 0.717) is 17.7 Å². The lowest BCUT2D eigenvalue weighted by molar-refractivity contribution is -0.137. The summed E-state index contributed by atoms with van der Waals surface area (Å²) in [7, 11) is 0. The van der Waals surface area contributed by atoms with Gasteiger partial charge in [-0.1, -0.05) is 31.4 Å². The molecule has 1 saturated carbocycles. The molecule has 23 heavy (non-hydrogen) atoms. The third-order valence-corrected chi connectivity index (χ3v) is 5.31. The van der Waals surface area contributed by atoms with E-state index in [-0.39, 0.29) is 0 Å². The van der Waals surface area contributed by atoms with E-state index in [4.69, 9.17) is 4.98 Å². The van der Waals surface area contributed by atoms with Gasteiger partial charge in [0.15, 0.2) is 0 Å². The van der Waals surface area contributed by atoms with E-state index in [1.165, 1.54) is 32.1 Å². The number of aromatic nitrogens is 2. The number of carbonyl (C=O) groups excluding carboxylic acids is 1. The number of hydrogen-bond donors (Lipinski definition) is 0. The van der Waals surface area contributed by atoms with E-state index >= 15 is 0 Å². The Morgan fingerprint density at radius 2 is 1.83 bits per heavy atom. The summed E-state index contributed by atoms with van der Waals surface area (Å²) in [5.41, 5.74) is 2.89. The highest BCUT2D eigenvalue weighted by atomic mass is 16.2. The van der Waals surface area contributed by atoms with Gasteiger partial charge in [-0.05, 0) is 30.9 Å². The summed E-state index contributed by atoms with van der Waals surface area (Å²) < 4.78 is 0. The first kappa shape index (κ1) is 14.6. The molecule has 2 fully saturated rings. The van der Waals surface area contributed by atoms with Crippen molar-refractivity contribution in [2.24, 2.45) is 5.92 Å². The second-order valence-electron chi connectivity index (χ2n) is 6.99. The smallest absolute Gasteiger partial charge is 0.222 e. The summed E-state index contributed by atoms with van der Waals surface area (Å²) in [5, 5.41) is 0. The van der Waals surface area contributed by atoms with Crippen molar-refractivity contribution in [3.8, 4) is 0 Å². The van der Waals surface area contributed by atoms with Gasteiger partial charge in [-0.25, -0.2) is 4.98 Å². The molecule has 0 unspecified atom stereocenters. The molecule has 0 N–H and O–H groups in total. The van der Waals surface area contributed by atoms with E-state index in [1.807, 2.05) is 35.4 Å². The highest BCUT2D eigenvalue weighted by Crippen LogP contribution is 2.30. The van der Waals surface area contributed by atoms with Crippen LogP contribution in [0.5, 0.6) is 0 Å². The van der Waals surface area contributed by atoms with Crippen molar-refractivity contribution in [2.75, 3.05) is 13.1 Å². The molecule has 4 heteroatoms. The number of likely N-dealkylation sites (tertiary alicyclic amines) is 1. The summed E-state index contributed by atoms with van der Waals surface area (Å²) in [4.78, 5) is 23.6. The van der Waals surface area contributed by atoms with Crippen molar-refractivity contribution in [3.05, 3.63) is 36.2 Å². The number of para-hydroxylation sites is 2. The highest BCUT2D eigenvalue weighted by Gasteiger charge is 2.33. The molecule has 0 spiro atoms. The average molecular weight is 309 g/mol. The minimum absolute atomic E-state index is 0.335. The van der Waals surface area contributed by atoms with Gasteiger partial charge in [0.25, 0.3) is 0 Å². The zero-order valence-electron chi connectivity index (χ0n) is 13.4. The normalized spacial score (nSPS) is 19.7. The third kappa shape index (κ3) is 3.07. The number of hydrogen-bond acceptors (Lipinski definition) is 3. The van der Waals surface area contributed by atoms with Gasteiger partial charge < -0.3 is 4.90 Å². The quantitative estimate of drug-likeness (QED) is 0.871. The summed E-state index contributed by atoms with van der Waals surface area (Å²) in [5.74, 6) is 1.31. The predicted molar refractivity (Wildman–Crippen MR) is 90.1 cm³/mol. The molecule has 120 valence electrons. The van der Waals surface area contributed by atoms with Crippen LogP contribution >= 0.6 is 0 Å². The van der Waals surface area contributed by atoms with Gasteiger partial charge in [0.2, 0.25) is 5.91 Å². The van der Waals surface area contributed by atoms with Crippen molar-refractivity contribution < 1.29 is 4.79 Å². The van der Waals surface area contributed by atoms with Crippen LogP contribution in [0.15, 0.2) is 30.5 Å². The molecule has 0 bridgehead atoms. The number of benzene rings is 1. The van der Waals surface area contributed by atoms with E-state index in [0.717, 1.165) is 36.2 Å². The molecule has 0 atom stereocenters. The Morgan fingerprint density at radius 1 is 1.09 bits per heavy atom. The molecule has 0 radical (unpaired) electrons. The largest absolute Gasteiger partial charge is 0.341 e. The van der Waals surface area contributed by atoms with Gasteiger partial charge >= 0.3 is 0 Å². The number of rotatable bonds is 3. The van der Waals surface area contributed by atoms with Gasteiger partial charge in [0.05, 0.1) is 16.7 Å². The van der Waals surface area contributed by atoms with Crippen molar-refractivity contribution in [1.82, 2.24) is 14.9 Å². The Hall–Kier alpha value is -1.97. The van der Waals surface area contributed by atoms with Gasteiger partial charge in [0.1, 0.15) is 0 Å². The zero-order valence-corrected chi connectivity index (χ0v) is 13.4. The predicted octanol–water partition coefficient (Wildman–Crippen LogP) is 3.53. The highest BCUT2D eigenvalue weighted by molar-refractivity contribution is 5.78. The topological polar surface area (TPSA) is 46.1 Å². The first-order valence-electron chi connectivity index (χ1n) is 8.79. The average Bonchev–Trinajstić information content (AvgIpc) is 2.54. The molecule has 4 nitrogen and oxygen atoms in total. The molecule has 2 aromatic rings. The maximum absolute atomic E-state index is 12.4. The van der Waals surface area contributed by atoms with Crippen LogP contribution < -0.4 is 0 Å². The van der Waals surface area contributed by atoms with Crippen LogP contribution in [-0.2, 0) is 4.79 Å². The Kier molecular flexibility index (Phi) is 3.98. The number of carbonyl (C=O) groups is 1. The lowest BCUT2D eigenvalue weighted by Crippen LogP contribution is -2.49. The molecular formula is C19H23N3O. The maximum Gasteiger partial charge on any atom is 0.222 e. The van der Waals surface area contributed by atoms with E-state index in [9.17, 15) is 4.79 Å². The van der Waals surface area contributed by atoms with Crippen LogP contribution in [0.2, 0.25) is 0 Å². The third-order valence-electron chi connectivity index (χ3n) is 5.31. The molecule has 1 aromatic carbocycles. The number of amides is 1. The van der Waals surface area contributed by atoms with Crippen molar-refractivity contribution in [1.29, 1.82) is 0 Å². The van der Waals surface area contributed by atoms with Crippen LogP contribution in [0.25, 0.3) is 11.0 Å². The maximum atomic E-state index is 12.4. The second kappa shape index (κ2) is 6.26. The minimum atomic E-state index is 0.335. The fraction of sp³-hybridized carbons (Fsp3) is 0.526. The number of fused-ring (bicyclic) bond motifs is 1. The van der Waals surface area contributed by atoms with Gasteiger partial charge in [-0.3, -0.25) is 9.78 Å². The van der Waals surface area contributed by atoms with Gasteiger partial charge in [0, 0.05) is 31.6 Å². The summed E-state index contributed by atoms with van der Waals surface area (Å²) in [6.45, 7) is 1.61. The molecule has 1 amide bonds. The second-order valence-corrected chi connectivity index (χ2v) is 6.99. The van der Waals surface area contributed by atoms with E-state index in [2.05, 4.69) is 4.98 Å². The fourth-order valence-electron chi connectivity index (χ4n) is 3.80. The van der Waals surface area contributed by atoms with Crippen molar-refractivity contribution in [2.45, 2.75) is 44.4 Å². The molecule has 1 aliphatic heterocycles. The summed E-state index contributed by atoms with van der Waals surface area (Å²) in [6, 6.07) is 7.94. The Labute approximate surface area is 136 Å². The molecular weight excluding hydrogens is 286 g/mol. The lowest BCUT2D eigenvalue weighted by Gasteiger charge is -2.39. The van der Waals surface area contributed by atoms with Crippen molar-refractivity contribution >= 4 is 16.9 Å². The Balaban J connectivity index is 1.35. The Bertz CT molecular complexity index is 703. The first-order valence-corrected chi connectivity index (χ1v) is 8.79. The van der Waals surface area contributed by atoms with Crippen LogP contribution in [0.3, 0.4) is 0 Å². The molecule has 1 saturated heterocycles. The monoisotopic (exact) mass is 309 g/mol. The summed E-state index contributed by atoms with van der Waals surface area (Å²) in [6.07, 6.45) is 9.03. The molecule has 4 rings (SSSR count). The van der Waals surface area contributed by atoms with Crippen molar-refractivity contribution in [3.63, 3.8) is 0 Å². The molecule has 2 aliphatic rings.